The number of aryl methyl sites for hydroxylation is 1. The number of benzene rings is 4. The molecule has 0 saturated heterocycles. The van der Waals surface area contributed by atoms with Crippen LogP contribution in [0.3, 0.4) is 0 Å². The second-order valence-electron chi connectivity index (χ2n) is 7.67. The molecule has 0 aliphatic rings. The number of hydrogen-bond donors (Lipinski definition) is 1. The molecule has 0 aliphatic heterocycles. The lowest BCUT2D eigenvalue weighted by Crippen LogP contribution is -2.14. The summed E-state index contributed by atoms with van der Waals surface area (Å²) in [5, 5.41) is 15.4. The number of amides is 1. The zero-order chi connectivity index (χ0) is 24.1. The first-order valence-electron chi connectivity index (χ1n) is 10.5. The van der Waals surface area contributed by atoms with Crippen molar-refractivity contribution in [3.8, 4) is 11.8 Å². The standard InChI is InChI=1S/C28H20Cl2N2O2/c1-18-6-2-5-9-26(18)32-28(33)21(16-31)15-23-22-8-4-3-7-20(22)11-13-27(23)34-17-19-10-12-24(29)25(30)14-19/h2-15H,17H2,1H3,(H,32,33)/b21-15+. The SMILES string of the molecule is Cc1ccccc1NC(=O)/C(C#N)=C/c1c(OCc2ccc(Cl)c(Cl)c2)ccc2ccccc12. The van der Waals surface area contributed by atoms with Gasteiger partial charge in [0.1, 0.15) is 24.0 Å². The van der Waals surface area contributed by atoms with Crippen LogP contribution < -0.4 is 10.1 Å². The summed E-state index contributed by atoms with van der Waals surface area (Å²) >= 11 is 12.1. The fourth-order valence-corrected chi connectivity index (χ4v) is 3.86. The number of nitrogens with one attached hydrogen (secondary N) is 1. The Kier molecular flexibility index (Phi) is 7.18. The van der Waals surface area contributed by atoms with Gasteiger partial charge in [-0.1, -0.05) is 77.8 Å². The predicted molar refractivity (Wildman–Crippen MR) is 138 cm³/mol. The highest BCUT2D eigenvalue weighted by molar-refractivity contribution is 6.42. The molecule has 0 heterocycles. The van der Waals surface area contributed by atoms with Gasteiger partial charge in [-0.25, -0.2) is 0 Å². The molecule has 4 nitrogen and oxygen atoms in total. The molecule has 0 aromatic heterocycles. The molecule has 4 aromatic rings. The number of nitriles is 1. The number of fused-ring (bicyclic) bond motifs is 1. The first-order valence-corrected chi connectivity index (χ1v) is 11.3. The number of carbonyl (C=O) groups is 1. The Labute approximate surface area is 208 Å². The van der Waals surface area contributed by atoms with Crippen LogP contribution in [0.4, 0.5) is 5.69 Å². The van der Waals surface area contributed by atoms with Gasteiger partial charge >= 0.3 is 0 Å². The molecule has 0 unspecified atom stereocenters. The van der Waals surface area contributed by atoms with E-state index in [-0.39, 0.29) is 12.2 Å². The summed E-state index contributed by atoms with van der Waals surface area (Å²) in [6.45, 7) is 2.14. The van der Waals surface area contributed by atoms with Crippen LogP contribution >= 0.6 is 23.2 Å². The van der Waals surface area contributed by atoms with Crippen LogP contribution in [0.5, 0.6) is 5.75 Å². The number of rotatable bonds is 6. The van der Waals surface area contributed by atoms with Gasteiger partial charge in [-0.05, 0) is 59.2 Å². The van der Waals surface area contributed by atoms with Crippen molar-refractivity contribution in [2.24, 2.45) is 0 Å². The molecule has 168 valence electrons. The smallest absolute Gasteiger partial charge is 0.266 e. The van der Waals surface area contributed by atoms with Crippen molar-refractivity contribution in [2.75, 3.05) is 5.32 Å². The zero-order valence-corrected chi connectivity index (χ0v) is 19.8. The molecule has 0 aliphatic carbocycles. The highest BCUT2D eigenvalue weighted by atomic mass is 35.5. The van der Waals surface area contributed by atoms with Crippen molar-refractivity contribution in [1.29, 1.82) is 5.26 Å². The molecule has 6 heteroatoms. The normalized spacial score (nSPS) is 11.2. The molecule has 0 saturated carbocycles. The summed E-state index contributed by atoms with van der Waals surface area (Å²) < 4.78 is 6.10. The largest absolute Gasteiger partial charge is 0.488 e. The second kappa shape index (κ2) is 10.4. The van der Waals surface area contributed by atoms with Gasteiger partial charge in [-0.3, -0.25) is 4.79 Å². The number of para-hydroxylation sites is 1. The van der Waals surface area contributed by atoms with Crippen molar-refractivity contribution in [3.05, 3.63) is 111 Å². The van der Waals surface area contributed by atoms with E-state index >= 15 is 0 Å². The van der Waals surface area contributed by atoms with Gasteiger partial charge in [0.25, 0.3) is 5.91 Å². The maximum atomic E-state index is 12.9. The van der Waals surface area contributed by atoms with Gasteiger partial charge in [0.15, 0.2) is 0 Å². The average molecular weight is 487 g/mol. The molecule has 4 aromatic carbocycles. The lowest BCUT2D eigenvalue weighted by molar-refractivity contribution is -0.112. The van der Waals surface area contributed by atoms with E-state index < -0.39 is 5.91 Å². The number of carbonyl (C=O) groups excluding carboxylic acids is 1. The Balaban J connectivity index is 1.70. The molecule has 34 heavy (non-hydrogen) atoms. The zero-order valence-electron chi connectivity index (χ0n) is 18.3. The van der Waals surface area contributed by atoms with Gasteiger partial charge in [-0.15, -0.1) is 0 Å². The highest BCUT2D eigenvalue weighted by Crippen LogP contribution is 2.32. The molecule has 1 amide bonds. The summed E-state index contributed by atoms with van der Waals surface area (Å²) in [7, 11) is 0. The molecule has 0 radical (unpaired) electrons. The molecule has 0 atom stereocenters. The summed E-state index contributed by atoms with van der Waals surface area (Å²) in [5.74, 6) is 0.0568. The minimum absolute atomic E-state index is 0.0287. The first-order chi connectivity index (χ1) is 16.5. The molecular formula is C28H20Cl2N2O2. The summed E-state index contributed by atoms with van der Waals surface area (Å²) in [6, 6.07) is 26.2. The third-order valence-electron chi connectivity index (χ3n) is 5.36. The first kappa shape index (κ1) is 23.4. The number of hydrogen-bond acceptors (Lipinski definition) is 3. The van der Waals surface area contributed by atoms with Crippen molar-refractivity contribution in [2.45, 2.75) is 13.5 Å². The minimum atomic E-state index is -0.486. The third kappa shape index (κ3) is 5.23. The van der Waals surface area contributed by atoms with Crippen molar-refractivity contribution in [3.63, 3.8) is 0 Å². The van der Waals surface area contributed by atoms with E-state index in [9.17, 15) is 10.1 Å². The van der Waals surface area contributed by atoms with Crippen molar-refractivity contribution in [1.82, 2.24) is 0 Å². The predicted octanol–water partition coefficient (Wildman–Crippen LogP) is 7.58. The van der Waals surface area contributed by atoms with E-state index in [0.717, 1.165) is 21.9 Å². The van der Waals surface area contributed by atoms with E-state index in [1.807, 2.05) is 73.7 Å². The second-order valence-corrected chi connectivity index (χ2v) is 8.49. The van der Waals surface area contributed by atoms with E-state index in [1.165, 1.54) is 0 Å². The van der Waals surface area contributed by atoms with Crippen LogP contribution in [-0.4, -0.2) is 5.91 Å². The van der Waals surface area contributed by atoms with Gasteiger partial charge in [0.05, 0.1) is 10.0 Å². The van der Waals surface area contributed by atoms with E-state index in [1.54, 1.807) is 24.3 Å². The topological polar surface area (TPSA) is 62.1 Å². The molecule has 4 rings (SSSR count). The van der Waals surface area contributed by atoms with Gasteiger partial charge in [-0.2, -0.15) is 5.26 Å². The molecule has 1 N–H and O–H groups in total. The van der Waals surface area contributed by atoms with Crippen LogP contribution in [0, 0.1) is 18.3 Å². The van der Waals surface area contributed by atoms with E-state index in [2.05, 4.69) is 5.32 Å². The van der Waals surface area contributed by atoms with Crippen LogP contribution in [0.1, 0.15) is 16.7 Å². The molecule has 0 bridgehead atoms. The quantitative estimate of drug-likeness (QED) is 0.225. The summed E-state index contributed by atoms with van der Waals surface area (Å²) in [5.41, 5.74) is 3.02. The van der Waals surface area contributed by atoms with Gasteiger partial charge in [0, 0.05) is 11.3 Å². The highest BCUT2D eigenvalue weighted by Gasteiger charge is 2.15. The molecular weight excluding hydrogens is 467 g/mol. The number of nitrogens with zero attached hydrogens (tertiary/aromatic N) is 1. The van der Waals surface area contributed by atoms with Gasteiger partial charge < -0.3 is 10.1 Å². The van der Waals surface area contributed by atoms with E-state index in [4.69, 9.17) is 27.9 Å². The Morgan fingerprint density at radius 1 is 1.00 bits per heavy atom. The summed E-state index contributed by atoms with van der Waals surface area (Å²) in [4.78, 5) is 12.9. The lowest BCUT2D eigenvalue weighted by Gasteiger charge is -2.13. The Morgan fingerprint density at radius 3 is 2.53 bits per heavy atom. The fraction of sp³-hybridized carbons (Fsp3) is 0.0714. The molecule has 0 spiro atoms. The number of anilines is 1. The monoisotopic (exact) mass is 486 g/mol. The third-order valence-corrected chi connectivity index (χ3v) is 6.10. The lowest BCUT2D eigenvalue weighted by atomic mass is 10.0. The maximum absolute atomic E-state index is 12.9. The Morgan fingerprint density at radius 2 is 1.76 bits per heavy atom. The van der Waals surface area contributed by atoms with E-state index in [0.29, 0.717) is 27.0 Å². The van der Waals surface area contributed by atoms with Crippen molar-refractivity contribution >= 4 is 51.6 Å². The van der Waals surface area contributed by atoms with Crippen LogP contribution in [0.2, 0.25) is 10.0 Å². The van der Waals surface area contributed by atoms with Crippen molar-refractivity contribution < 1.29 is 9.53 Å². The van der Waals surface area contributed by atoms with Gasteiger partial charge in [0.2, 0.25) is 0 Å². The van der Waals surface area contributed by atoms with Crippen LogP contribution in [0.15, 0.2) is 84.4 Å². The number of ether oxygens (including phenoxy) is 1. The van der Waals surface area contributed by atoms with Crippen LogP contribution in [-0.2, 0) is 11.4 Å². The minimum Gasteiger partial charge on any atom is -0.488 e. The molecule has 0 fully saturated rings. The number of halogens is 2. The Bertz CT molecular complexity index is 1450. The fourth-order valence-electron chi connectivity index (χ4n) is 3.54. The van der Waals surface area contributed by atoms with Crippen LogP contribution in [0.25, 0.3) is 16.8 Å². The maximum Gasteiger partial charge on any atom is 0.266 e. The summed E-state index contributed by atoms with van der Waals surface area (Å²) in [6.07, 6.45) is 1.57. The average Bonchev–Trinajstić information content (AvgIpc) is 2.85. The Hall–Kier alpha value is -3.78.